The fourth-order valence-corrected chi connectivity index (χ4v) is 1.06. The summed E-state index contributed by atoms with van der Waals surface area (Å²) in [6, 6.07) is 0. The van der Waals surface area contributed by atoms with Crippen LogP contribution in [0.4, 0.5) is 0 Å². The van der Waals surface area contributed by atoms with Gasteiger partial charge in [0.1, 0.15) is 18.4 Å². The van der Waals surface area contributed by atoms with Crippen LogP contribution in [0.3, 0.4) is 0 Å². The molecule has 0 bridgehead atoms. The van der Waals surface area contributed by atoms with E-state index in [4.69, 9.17) is 5.73 Å². The fourth-order valence-electron chi connectivity index (χ4n) is 0.847. The molecule has 0 aromatic heterocycles. The van der Waals surface area contributed by atoms with Gasteiger partial charge in [-0.05, 0) is 0 Å². The number of rotatable bonds is 0. The van der Waals surface area contributed by atoms with E-state index in [1.165, 1.54) is 12.7 Å². The van der Waals surface area contributed by atoms with Gasteiger partial charge < -0.3 is 0 Å². The second kappa shape index (κ2) is 1.99. The van der Waals surface area contributed by atoms with Gasteiger partial charge in [-0.3, -0.25) is 5.73 Å². The SMILES string of the molecule is NC1(S)N=CN=C2N=CN=C21. The molecular formula is C5H5N5S. The first-order valence-corrected chi connectivity index (χ1v) is 3.39. The highest BCUT2D eigenvalue weighted by molar-refractivity contribution is 7.82. The number of hydrogen-bond acceptors (Lipinski definition) is 6. The summed E-state index contributed by atoms with van der Waals surface area (Å²) in [5, 5.41) is 0. The Bertz CT molecular complexity index is 311. The topological polar surface area (TPSA) is 75.5 Å². The van der Waals surface area contributed by atoms with Crippen LogP contribution in [0.25, 0.3) is 0 Å². The average Bonchev–Trinajstić information content (AvgIpc) is 2.34. The lowest BCUT2D eigenvalue weighted by Crippen LogP contribution is -2.45. The van der Waals surface area contributed by atoms with Crippen molar-refractivity contribution in [2.45, 2.75) is 4.99 Å². The maximum atomic E-state index is 5.64. The third kappa shape index (κ3) is 0.908. The highest BCUT2D eigenvalue weighted by atomic mass is 32.1. The molecule has 0 saturated heterocycles. The minimum Gasteiger partial charge on any atom is -0.293 e. The number of aliphatic imine (C=N–C) groups is 4. The Kier molecular flexibility index (Phi) is 1.21. The monoisotopic (exact) mass is 167 g/mol. The van der Waals surface area contributed by atoms with Gasteiger partial charge >= 0.3 is 0 Å². The number of amidine groups is 1. The molecule has 2 aliphatic heterocycles. The zero-order chi connectivity index (χ0) is 7.90. The van der Waals surface area contributed by atoms with Gasteiger partial charge in [0.25, 0.3) is 0 Å². The highest BCUT2D eigenvalue weighted by Gasteiger charge is 2.33. The van der Waals surface area contributed by atoms with E-state index in [9.17, 15) is 0 Å². The van der Waals surface area contributed by atoms with Crippen molar-refractivity contribution >= 4 is 36.9 Å². The van der Waals surface area contributed by atoms with Crippen LogP contribution in [0.1, 0.15) is 0 Å². The number of hydrogen-bond donors (Lipinski definition) is 2. The van der Waals surface area contributed by atoms with Crippen molar-refractivity contribution < 1.29 is 0 Å². The van der Waals surface area contributed by atoms with Crippen LogP contribution in [0.15, 0.2) is 20.0 Å². The molecule has 2 heterocycles. The summed E-state index contributed by atoms with van der Waals surface area (Å²) < 4.78 is 0. The molecule has 2 aliphatic rings. The third-order valence-corrected chi connectivity index (χ3v) is 1.69. The third-order valence-electron chi connectivity index (χ3n) is 1.36. The van der Waals surface area contributed by atoms with Crippen molar-refractivity contribution in [3.63, 3.8) is 0 Å². The molecule has 1 atom stereocenters. The molecule has 2 rings (SSSR count). The molecule has 0 aromatic carbocycles. The lowest BCUT2D eigenvalue weighted by atomic mass is 10.2. The molecule has 0 radical (unpaired) electrons. The van der Waals surface area contributed by atoms with Gasteiger partial charge in [0.15, 0.2) is 5.84 Å². The van der Waals surface area contributed by atoms with Gasteiger partial charge in [-0.15, -0.1) is 12.6 Å². The van der Waals surface area contributed by atoms with Crippen molar-refractivity contribution in [1.82, 2.24) is 0 Å². The quantitative estimate of drug-likeness (QED) is 0.368. The first-order chi connectivity index (χ1) is 5.20. The van der Waals surface area contributed by atoms with E-state index >= 15 is 0 Å². The van der Waals surface area contributed by atoms with Crippen molar-refractivity contribution in [1.29, 1.82) is 0 Å². The lowest BCUT2D eigenvalue weighted by Gasteiger charge is -2.19. The summed E-state index contributed by atoms with van der Waals surface area (Å²) >= 11 is 4.08. The van der Waals surface area contributed by atoms with Crippen LogP contribution < -0.4 is 5.73 Å². The molecule has 11 heavy (non-hydrogen) atoms. The Morgan fingerprint density at radius 1 is 1.36 bits per heavy atom. The molecule has 0 fully saturated rings. The van der Waals surface area contributed by atoms with Crippen molar-refractivity contribution in [2.75, 3.05) is 0 Å². The first-order valence-electron chi connectivity index (χ1n) is 2.94. The maximum absolute atomic E-state index is 5.64. The normalized spacial score (nSPS) is 33.3. The van der Waals surface area contributed by atoms with E-state index in [0.29, 0.717) is 11.5 Å². The number of fused-ring (bicyclic) bond motifs is 1. The van der Waals surface area contributed by atoms with Crippen LogP contribution in [0.2, 0.25) is 0 Å². The largest absolute Gasteiger partial charge is 0.293 e. The summed E-state index contributed by atoms with van der Waals surface area (Å²) in [6.45, 7) is 0. The van der Waals surface area contributed by atoms with E-state index in [0.717, 1.165) is 0 Å². The fraction of sp³-hybridized carbons (Fsp3) is 0.200. The predicted molar refractivity (Wildman–Crippen MR) is 47.8 cm³/mol. The van der Waals surface area contributed by atoms with Crippen molar-refractivity contribution in [2.24, 2.45) is 25.7 Å². The number of nitrogens with two attached hydrogens (primary N) is 1. The second-order valence-corrected chi connectivity index (χ2v) is 2.83. The summed E-state index contributed by atoms with van der Waals surface area (Å²) in [7, 11) is 0. The summed E-state index contributed by atoms with van der Waals surface area (Å²) in [5.41, 5.74) is 6.14. The minimum atomic E-state index is -1.06. The lowest BCUT2D eigenvalue weighted by molar-refractivity contribution is 0.865. The summed E-state index contributed by atoms with van der Waals surface area (Å²) in [6.07, 6.45) is 2.73. The molecule has 0 saturated carbocycles. The van der Waals surface area contributed by atoms with Crippen molar-refractivity contribution in [3.05, 3.63) is 0 Å². The molecule has 56 valence electrons. The highest BCUT2D eigenvalue weighted by Crippen LogP contribution is 2.17. The van der Waals surface area contributed by atoms with Gasteiger partial charge in [-0.1, -0.05) is 0 Å². The van der Waals surface area contributed by atoms with Crippen LogP contribution in [0.5, 0.6) is 0 Å². The zero-order valence-electron chi connectivity index (χ0n) is 5.47. The molecule has 6 heteroatoms. The van der Waals surface area contributed by atoms with E-state index in [1.54, 1.807) is 0 Å². The van der Waals surface area contributed by atoms with Gasteiger partial charge in [0.05, 0.1) is 0 Å². The molecule has 5 nitrogen and oxygen atoms in total. The van der Waals surface area contributed by atoms with Crippen LogP contribution in [-0.4, -0.2) is 29.2 Å². The molecule has 2 N–H and O–H groups in total. The molecule has 1 unspecified atom stereocenters. The van der Waals surface area contributed by atoms with Gasteiger partial charge in [-0.25, -0.2) is 20.0 Å². The van der Waals surface area contributed by atoms with E-state index in [-0.39, 0.29) is 0 Å². The Labute approximate surface area is 68.3 Å². The molecule has 0 aliphatic carbocycles. The van der Waals surface area contributed by atoms with E-state index in [1.807, 2.05) is 0 Å². The smallest absolute Gasteiger partial charge is 0.201 e. The van der Waals surface area contributed by atoms with Crippen LogP contribution >= 0.6 is 12.6 Å². The van der Waals surface area contributed by atoms with E-state index in [2.05, 4.69) is 32.6 Å². The molecule has 0 amide bonds. The molecule has 0 spiro atoms. The second-order valence-electron chi connectivity index (χ2n) is 2.15. The summed E-state index contributed by atoms with van der Waals surface area (Å²) in [4.78, 5) is 14.4. The average molecular weight is 167 g/mol. The zero-order valence-corrected chi connectivity index (χ0v) is 6.36. The van der Waals surface area contributed by atoms with Gasteiger partial charge in [-0.2, -0.15) is 0 Å². The maximum Gasteiger partial charge on any atom is 0.201 e. The van der Waals surface area contributed by atoms with Crippen LogP contribution in [0, 0.1) is 0 Å². The molecular weight excluding hydrogens is 162 g/mol. The Morgan fingerprint density at radius 2 is 2.18 bits per heavy atom. The number of thiol groups is 1. The summed E-state index contributed by atoms with van der Waals surface area (Å²) in [5.74, 6) is 0.498. The number of nitrogens with zero attached hydrogens (tertiary/aromatic N) is 4. The predicted octanol–water partition coefficient (Wildman–Crippen LogP) is -0.548. The van der Waals surface area contributed by atoms with E-state index < -0.39 is 4.99 Å². The van der Waals surface area contributed by atoms with Gasteiger partial charge in [0, 0.05) is 0 Å². The minimum absolute atomic E-state index is 0.498. The Balaban J connectivity index is 2.51. The van der Waals surface area contributed by atoms with Crippen molar-refractivity contribution in [3.8, 4) is 0 Å². The van der Waals surface area contributed by atoms with Gasteiger partial charge in [0.2, 0.25) is 4.99 Å². The standard InChI is InChI=1S/C5H5N5S/c6-5(11)3-4(8-1-7-3)9-2-10-5/h1-2,11H,6H2. The Morgan fingerprint density at radius 3 is 2.91 bits per heavy atom. The molecule has 0 aromatic rings. The first kappa shape index (κ1) is 6.68. The Hall–Kier alpha value is -1.01. The van der Waals surface area contributed by atoms with Crippen LogP contribution in [-0.2, 0) is 0 Å².